The molecule has 0 fully saturated rings. The first-order valence-electron chi connectivity index (χ1n) is 6.67. The van der Waals surface area contributed by atoms with E-state index in [4.69, 9.17) is 0 Å². The molecule has 1 aromatic carbocycles. The molecule has 5 nitrogen and oxygen atoms in total. The molecule has 2 aromatic heterocycles. The monoisotopic (exact) mass is 423 g/mol. The molecule has 0 amide bonds. The molecule has 0 bridgehead atoms. The zero-order valence-electron chi connectivity index (χ0n) is 12.1. The van der Waals surface area contributed by atoms with Gasteiger partial charge in [0, 0.05) is 22.5 Å². The lowest BCUT2D eigenvalue weighted by molar-refractivity contribution is 1.16. The van der Waals surface area contributed by atoms with Crippen molar-refractivity contribution in [2.45, 2.75) is 6.92 Å². The highest BCUT2D eigenvalue weighted by Gasteiger charge is 2.11. The van der Waals surface area contributed by atoms with Gasteiger partial charge in [0.1, 0.15) is 0 Å². The molecule has 0 aliphatic carbocycles. The fraction of sp³-hybridized carbons (Fsp3) is 0.133. The molecule has 0 saturated heterocycles. The molecule has 0 spiro atoms. The topological polar surface area (TPSA) is 62.7 Å². The predicted molar refractivity (Wildman–Crippen MR) is 99.9 cm³/mol. The van der Waals surface area contributed by atoms with Gasteiger partial charge in [-0.3, -0.25) is 0 Å². The van der Waals surface area contributed by atoms with Gasteiger partial charge in [-0.2, -0.15) is 0 Å². The van der Waals surface area contributed by atoms with Crippen molar-refractivity contribution in [2.24, 2.45) is 0 Å². The van der Waals surface area contributed by atoms with Gasteiger partial charge in [0.25, 0.3) is 0 Å². The van der Waals surface area contributed by atoms with Crippen LogP contribution in [0.1, 0.15) is 5.69 Å². The first-order valence-corrected chi connectivity index (χ1v) is 8.56. The molecule has 112 valence electrons. The molecule has 0 atom stereocenters. The Hall–Kier alpha value is -1.74. The molecule has 3 rings (SSSR count). The van der Waals surface area contributed by atoms with Gasteiger partial charge in [-0.05, 0) is 59.8 Å². The fourth-order valence-corrected chi connectivity index (χ4v) is 3.20. The van der Waals surface area contributed by atoms with Gasteiger partial charge < -0.3 is 10.6 Å². The predicted octanol–water partition coefficient (Wildman–Crippen LogP) is 4.30. The van der Waals surface area contributed by atoms with Crippen LogP contribution in [0.3, 0.4) is 0 Å². The minimum absolute atomic E-state index is 0.581. The second kappa shape index (κ2) is 6.57. The number of nitrogens with one attached hydrogen (secondary N) is 2. The number of benzene rings is 1. The van der Waals surface area contributed by atoms with Crippen LogP contribution >= 0.6 is 33.9 Å². The number of halogens is 1. The third-order valence-corrected chi connectivity index (χ3v) is 4.92. The molecule has 3 aromatic rings. The Morgan fingerprint density at radius 1 is 1.09 bits per heavy atom. The first kappa shape index (κ1) is 15.2. The Balaban J connectivity index is 1.88. The second-order valence-electron chi connectivity index (χ2n) is 4.58. The summed E-state index contributed by atoms with van der Waals surface area (Å²) in [5.41, 5.74) is 2.81. The van der Waals surface area contributed by atoms with Crippen LogP contribution < -0.4 is 10.6 Å². The van der Waals surface area contributed by atoms with Crippen molar-refractivity contribution in [2.75, 3.05) is 17.7 Å². The minimum atomic E-state index is 0.581. The Morgan fingerprint density at radius 2 is 1.86 bits per heavy atom. The number of thiazole rings is 1. The van der Waals surface area contributed by atoms with Gasteiger partial charge in [0.05, 0.1) is 16.3 Å². The van der Waals surface area contributed by atoms with E-state index in [2.05, 4.69) is 48.2 Å². The van der Waals surface area contributed by atoms with Gasteiger partial charge in [0.15, 0.2) is 5.13 Å². The van der Waals surface area contributed by atoms with Crippen molar-refractivity contribution in [1.29, 1.82) is 0 Å². The molecule has 0 aliphatic rings. The van der Waals surface area contributed by atoms with E-state index in [1.165, 1.54) is 3.57 Å². The zero-order chi connectivity index (χ0) is 15.5. The number of anilines is 3. The van der Waals surface area contributed by atoms with Crippen molar-refractivity contribution in [3.05, 3.63) is 45.8 Å². The molecule has 2 N–H and O–H groups in total. The summed E-state index contributed by atoms with van der Waals surface area (Å²) in [6.07, 6.45) is 1.76. The smallest absolute Gasteiger partial charge is 0.227 e. The van der Waals surface area contributed by atoms with Gasteiger partial charge >= 0.3 is 0 Å². The summed E-state index contributed by atoms with van der Waals surface area (Å²) in [4.78, 5) is 14.4. The van der Waals surface area contributed by atoms with Crippen LogP contribution in [-0.2, 0) is 0 Å². The standard InChI is InChI=1S/C15H14IN5S/c1-9-13(22-15(17-2)19-9)12-7-8-18-14(21-12)20-11-5-3-10(16)4-6-11/h3-8H,1-2H3,(H,17,19)(H,18,20,21). The summed E-state index contributed by atoms with van der Waals surface area (Å²) in [5.74, 6) is 0.581. The number of hydrogen-bond acceptors (Lipinski definition) is 6. The first-order chi connectivity index (χ1) is 10.7. The maximum atomic E-state index is 4.59. The van der Waals surface area contributed by atoms with E-state index in [0.717, 1.165) is 27.1 Å². The number of hydrogen-bond donors (Lipinski definition) is 2. The molecule has 0 aliphatic heterocycles. The Morgan fingerprint density at radius 3 is 2.55 bits per heavy atom. The summed E-state index contributed by atoms with van der Waals surface area (Å²) >= 11 is 3.87. The fourth-order valence-electron chi connectivity index (χ4n) is 1.95. The van der Waals surface area contributed by atoms with Crippen LogP contribution in [0.15, 0.2) is 36.5 Å². The number of rotatable bonds is 4. The number of nitrogens with zero attached hydrogens (tertiary/aromatic N) is 3. The SMILES string of the molecule is CNc1nc(C)c(-c2ccnc(Nc3ccc(I)cc3)n2)s1. The quantitative estimate of drug-likeness (QED) is 0.613. The van der Waals surface area contributed by atoms with Crippen LogP contribution in [0.25, 0.3) is 10.6 Å². The lowest BCUT2D eigenvalue weighted by atomic mass is 10.3. The molecular formula is C15H14IN5S. The van der Waals surface area contributed by atoms with E-state index in [-0.39, 0.29) is 0 Å². The van der Waals surface area contributed by atoms with Crippen molar-refractivity contribution in [3.8, 4) is 10.6 Å². The Kier molecular flexibility index (Phi) is 4.53. The second-order valence-corrected chi connectivity index (χ2v) is 6.83. The van der Waals surface area contributed by atoms with E-state index < -0.39 is 0 Å². The third kappa shape index (κ3) is 3.36. The maximum absolute atomic E-state index is 4.59. The molecule has 0 radical (unpaired) electrons. The highest BCUT2D eigenvalue weighted by atomic mass is 127. The highest BCUT2D eigenvalue weighted by molar-refractivity contribution is 14.1. The summed E-state index contributed by atoms with van der Waals surface area (Å²) in [5, 5.41) is 7.18. The molecule has 7 heteroatoms. The van der Waals surface area contributed by atoms with Crippen molar-refractivity contribution in [1.82, 2.24) is 15.0 Å². The van der Waals surface area contributed by atoms with E-state index in [0.29, 0.717) is 5.95 Å². The normalized spacial score (nSPS) is 10.5. The molecule has 0 unspecified atom stereocenters. The third-order valence-electron chi connectivity index (χ3n) is 3.00. The Labute approximate surface area is 146 Å². The average molecular weight is 423 g/mol. The lowest BCUT2D eigenvalue weighted by Crippen LogP contribution is -1.97. The molecular weight excluding hydrogens is 409 g/mol. The maximum Gasteiger partial charge on any atom is 0.227 e. The van der Waals surface area contributed by atoms with Crippen LogP contribution in [-0.4, -0.2) is 22.0 Å². The largest absolute Gasteiger partial charge is 0.365 e. The summed E-state index contributed by atoms with van der Waals surface area (Å²) in [7, 11) is 1.87. The van der Waals surface area contributed by atoms with Crippen LogP contribution in [0, 0.1) is 10.5 Å². The van der Waals surface area contributed by atoms with Crippen LogP contribution in [0.2, 0.25) is 0 Å². The van der Waals surface area contributed by atoms with Crippen molar-refractivity contribution < 1.29 is 0 Å². The van der Waals surface area contributed by atoms with Crippen molar-refractivity contribution >= 4 is 50.7 Å². The van der Waals surface area contributed by atoms with E-state index in [1.54, 1.807) is 17.5 Å². The van der Waals surface area contributed by atoms with E-state index in [1.807, 2.05) is 44.3 Å². The summed E-state index contributed by atoms with van der Waals surface area (Å²) < 4.78 is 1.19. The summed E-state index contributed by atoms with van der Waals surface area (Å²) in [6, 6.07) is 10.0. The van der Waals surface area contributed by atoms with E-state index >= 15 is 0 Å². The van der Waals surface area contributed by atoms with Gasteiger partial charge in [0.2, 0.25) is 5.95 Å². The zero-order valence-corrected chi connectivity index (χ0v) is 15.1. The van der Waals surface area contributed by atoms with Crippen LogP contribution in [0.4, 0.5) is 16.8 Å². The van der Waals surface area contributed by atoms with Gasteiger partial charge in [-0.15, -0.1) is 0 Å². The Bertz CT molecular complexity index is 785. The minimum Gasteiger partial charge on any atom is -0.365 e. The van der Waals surface area contributed by atoms with Gasteiger partial charge in [-0.25, -0.2) is 15.0 Å². The number of aromatic nitrogens is 3. The van der Waals surface area contributed by atoms with E-state index in [9.17, 15) is 0 Å². The number of aryl methyl sites for hydroxylation is 1. The average Bonchev–Trinajstić information content (AvgIpc) is 2.91. The highest BCUT2D eigenvalue weighted by Crippen LogP contribution is 2.31. The molecule has 2 heterocycles. The van der Waals surface area contributed by atoms with Crippen LogP contribution in [0.5, 0.6) is 0 Å². The molecule has 0 saturated carbocycles. The van der Waals surface area contributed by atoms with Crippen molar-refractivity contribution in [3.63, 3.8) is 0 Å². The molecule has 22 heavy (non-hydrogen) atoms. The summed E-state index contributed by atoms with van der Waals surface area (Å²) in [6.45, 7) is 1.99. The van der Waals surface area contributed by atoms with Gasteiger partial charge in [-0.1, -0.05) is 11.3 Å². The lowest BCUT2D eigenvalue weighted by Gasteiger charge is -2.06.